The van der Waals surface area contributed by atoms with E-state index in [9.17, 15) is 0 Å². The van der Waals surface area contributed by atoms with Gasteiger partial charge in [0, 0.05) is 26.8 Å². The van der Waals surface area contributed by atoms with E-state index in [4.69, 9.17) is 11.6 Å². The van der Waals surface area contributed by atoms with Crippen LogP contribution in [-0.4, -0.2) is 4.98 Å². The Labute approximate surface area is 112 Å². The molecule has 0 atom stereocenters. The first kappa shape index (κ1) is 11.6. The van der Waals surface area contributed by atoms with E-state index in [0.717, 1.165) is 10.5 Å². The van der Waals surface area contributed by atoms with Gasteiger partial charge in [0.15, 0.2) is 0 Å². The highest BCUT2D eigenvalue weighted by molar-refractivity contribution is 6.31. The molecule has 92 valence electrons. The average molecular weight is 258 g/mol. The molecule has 0 spiro atoms. The maximum absolute atomic E-state index is 6.03. The van der Waals surface area contributed by atoms with Crippen LogP contribution in [0.4, 0.5) is 0 Å². The predicted molar refractivity (Wildman–Crippen MR) is 79.5 cm³/mol. The number of benzene rings is 2. The van der Waals surface area contributed by atoms with E-state index >= 15 is 0 Å². The first-order valence-electron chi connectivity index (χ1n) is 6.17. The number of halogens is 1. The van der Waals surface area contributed by atoms with Gasteiger partial charge in [0.2, 0.25) is 0 Å². The summed E-state index contributed by atoms with van der Waals surface area (Å²) in [5.74, 6) is 0. The zero-order valence-corrected chi connectivity index (χ0v) is 11.6. The molecule has 0 saturated carbocycles. The van der Waals surface area contributed by atoms with Crippen molar-refractivity contribution in [1.82, 2.24) is 4.98 Å². The monoisotopic (exact) mass is 257 g/mol. The van der Waals surface area contributed by atoms with Gasteiger partial charge in [-0.2, -0.15) is 0 Å². The molecule has 0 aliphatic carbocycles. The topological polar surface area (TPSA) is 15.8 Å². The highest BCUT2D eigenvalue weighted by Crippen LogP contribution is 2.31. The summed E-state index contributed by atoms with van der Waals surface area (Å²) >= 11 is 6.03. The molecule has 0 unspecified atom stereocenters. The molecule has 1 heterocycles. The van der Waals surface area contributed by atoms with E-state index < -0.39 is 0 Å². The van der Waals surface area contributed by atoms with E-state index in [0.29, 0.717) is 0 Å². The van der Waals surface area contributed by atoms with Crippen LogP contribution >= 0.6 is 11.6 Å². The third-order valence-corrected chi connectivity index (χ3v) is 3.66. The average Bonchev–Trinajstić information content (AvgIpc) is 2.63. The van der Waals surface area contributed by atoms with E-state index in [1.54, 1.807) is 0 Å². The molecular formula is C16H16ClN. The Kier molecular flexibility index (Phi) is 2.43. The number of H-pyrrole nitrogens is 1. The van der Waals surface area contributed by atoms with Crippen molar-refractivity contribution in [2.75, 3.05) is 0 Å². The number of hydrogen-bond acceptors (Lipinski definition) is 0. The van der Waals surface area contributed by atoms with Gasteiger partial charge in [0.05, 0.1) is 0 Å². The zero-order valence-electron chi connectivity index (χ0n) is 10.8. The minimum atomic E-state index is 0.171. The Hall–Kier alpha value is -1.47. The summed E-state index contributed by atoms with van der Waals surface area (Å²) in [6.45, 7) is 6.71. The van der Waals surface area contributed by atoms with Gasteiger partial charge < -0.3 is 4.98 Å². The highest BCUT2D eigenvalue weighted by atomic mass is 35.5. The Morgan fingerprint density at radius 1 is 0.889 bits per heavy atom. The summed E-state index contributed by atoms with van der Waals surface area (Å²) < 4.78 is 0. The van der Waals surface area contributed by atoms with Crippen molar-refractivity contribution in [1.29, 1.82) is 0 Å². The molecule has 0 aliphatic rings. The summed E-state index contributed by atoms with van der Waals surface area (Å²) in [4.78, 5) is 3.41. The van der Waals surface area contributed by atoms with E-state index in [1.807, 2.05) is 12.1 Å². The highest BCUT2D eigenvalue weighted by Gasteiger charge is 2.15. The van der Waals surface area contributed by atoms with Gasteiger partial charge in [-0.05, 0) is 35.2 Å². The van der Waals surface area contributed by atoms with Crippen LogP contribution in [0.3, 0.4) is 0 Å². The summed E-state index contributed by atoms with van der Waals surface area (Å²) in [5.41, 5.74) is 3.79. The molecule has 0 radical (unpaired) electrons. The van der Waals surface area contributed by atoms with Crippen molar-refractivity contribution >= 4 is 33.4 Å². The molecular weight excluding hydrogens is 242 g/mol. The maximum atomic E-state index is 6.03. The normalized spacial score (nSPS) is 12.4. The largest absolute Gasteiger partial charge is 0.354 e. The van der Waals surface area contributed by atoms with Crippen molar-refractivity contribution in [2.24, 2.45) is 0 Å². The molecule has 0 aliphatic heterocycles. The molecule has 3 aromatic rings. The van der Waals surface area contributed by atoms with Crippen molar-refractivity contribution in [3.05, 3.63) is 47.0 Å². The Bertz CT molecular complexity index is 732. The number of nitrogens with one attached hydrogen (secondary N) is 1. The van der Waals surface area contributed by atoms with E-state index in [-0.39, 0.29) is 5.41 Å². The molecule has 0 saturated heterocycles. The predicted octanol–water partition coefficient (Wildman–Crippen LogP) is 5.27. The van der Waals surface area contributed by atoms with Crippen LogP contribution in [0.2, 0.25) is 5.02 Å². The molecule has 1 N–H and O–H groups in total. The van der Waals surface area contributed by atoms with E-state index in [1.165, 1.54) is 21.9 Å². The second-order valence-electron chi connectivity index (χ2n) is 5.83. The third kappa shape index (κ3) is 1.79. The van der Waals surface area contributed by atoms with Gasteiger partial charge >= 0.3 is 0 Å². The standard InChI is InChI=1S/C16H16ClN/c1-16(2,3)10-4-7-14-13(8-10)12-6-5-11(17)9-15(12)18-14/h4-9,18H,1-3H3. The van der Waals surface area contributed by atoms with Gasteiger partial charge in [0.1, 0.15) is 0 Å². The third-order valence-electron chi connectivity index (χ3n) is 3.43. The maximum Gasteiger partial charge on any atom is 0.0479 e. The molecule has 0 amide bonds. The lowest BCUT2D eigenvalue weighted by molar-refractivity contribution is 0.591. The van der Waals surface area contributed by atoms with Crippen LogP contribution < -0.4 is 0 Å². The second kappa shape index (κ2) is 3.76. The summed E-state index contributed by atoms with van der Waals surface area (Å²) in [5, 5.41) is 3.28. The lowest BCUT2D eigenvalue weighted by atomic mass is 9.86. The van der Waals surface area contributed by atoms with Crippen molar-refractivity contribution < 1.29 is 0 Å². The van der Waals surface area contributed by atoms with Crippen LogP contribution in [0.5, 0.6) is 0 Å². The molecule has 2 heteroatoms. The van der Waals surface area contributed by atoms with Gasteiger partial charge in [-0.25, -0.2) is 0 Å². The Morgan fingerprint density at radius 3 is 2.39 bits per heavy atom. The first-order chi connectivity index (χ1) is 8.45. The van der Waals surface area contributed by atoms with E-state index in [2.05, 4.69) is 50.0 Å². The fourth-order valence-electron chi connectivity index (χ4n) is 2.34. The number of hydrogen-bond donors (Lipinski definition) is 1. The quantitative estimate of drug-likeness (QED) is 0.565. The second-order valence-corrected chi connectivity index (χ2v) is 6.26. The summed E-state index contributed by atoms with van der Waals surface area (Å²) in [7, 11) is 0. The lowest BCUT2D eigenvalue weighted by Gasteiger charge is -2.18. The number of fused-ring (bicyclic) bond motifs is 3. The summed E-state index contributed by atoms with van der Waals surface area (Å²) in [6.07, 6.45) is 0. The van der Waals surface area contributed by atoms with Crippen LogP contribution in [0.15, 0.2) is 36.4 Å². The minimum absolute atomic E-state index is 0.171. The molecule has 2 aromatic carbocycles. The smallest absolute Gasteiger partial charge is 0.0479 e. The Balaban J connectivity index is 2.36. The molecule has 0 bridgehead atoms. The lowest BCUT2D eigenvalue weighted by Crippen LogP contribution is -2.10. The van der Waals surface area contributed by atoms with Gasteiger partial charge in [-0.15, -0.1) is 0 Å². The van der Waals surface area contributed by atoms with Crippen molar-refractivity contribution in [3.8, 4) is 0 Å². The van der Waals surface area contributed by atoms with Gasteiger partial charge in [-0.1, -0.05) is 44.5 Å². The molecule has 1 aromatic heterocycles. The van der Waals surface area contributed by atoms with Gasteiger partial charge in [-0.3, -0.25) is 0 Å². The van der Waals surface area contributed by atoms with Crippen LogP contribution in [0.1, 0.15) is 26.3 Å². The van der Waals surface area contributed by atoms with Crippen LogP contribution in [0, 0.1) is 0 Å². The Morgan fingerprint density at radius 2 is 1.67 bits per heavy atom. The van der Waals surface area contributed by atoms with Crippen LogP contribution in [-0.2, 0) is 5.41 Å². The number of aromatic amines is 1. The fraction of sp³-hybridized carbons (Fsp3) is 0.250. The van der Waals surface area contributed by atoms with Crippen molar-refractivity contribution in [3.63, 3.8) is 0 Å². The van der Waals surface area contributed by atoms with Crippen molar-refractivity contribution in [2.45, 2.75) is 26.2 Å². The molecule has 0 fully saturated rings. The number of rotatable bonds is 0. The minimum Gasteiger partial charge on any atom is -0.354 e. The zero-order chi connectivity index (χ0) is 12.9. The molecule has 1 nitrogen and oxygen atoms in total. The first-order valence-corrected chi connectivity index (χ1v) is 6.54. The summed E-state index contributed by atoms with van der Waals surface area (Å²) in [6, 6.07) is 12.6. The molecule has 3 rings (SSSR count). The molecule has 18 heavy (non-hydrogen) atoms. The van der Waals surface area contributed by atoms with Gasteiger partial charge in [0.25, 0.3) is 0 Å². The number of aromatic nitrogens is 1. The SMILES string of the molecule is CC(C)(C)c1ccc2[nH]c3cc(Cl)ccc3c2c1. The fourth-order valence-corrected chi connectivity index (χ4v) is 2.51. The van der Waals surface area contributed by atoms with Crippen LogP contribution in [0.25, 0.3) is 21.8 Å².